The molecule has 0 fully saturated rings. The minimum absolute atomic E-state index is 0.0204. The van der Waals surface area contributed by atoms with E-state index in [9.17, 15) is 0 Å². The maximum Gasteiger partial charge on any atom is 0.252 e. The molecule has 0 amide bonds. The zero-order valence-electron chi connectivity index (χ0n) is 39.5. The van der Waals surface area contributed by atoms with Gasteiger partial charge in [-0.3, -0.25) is 0 Å². The van der Waals surface area contributed by atoms with E-state index in [1.165, 1.54) is 159 Å². The molecule has 0 N–H and O–H groups in total. The summed E-state index contributed by atoms with van der Waals surface area (Å²) in [6, 6.07) is 76.0. The lowest BCUT2D eigenvalue weighted by Crippen LogP contribution is -2.67. The predicted molar refractivity (Wildman–Crippen MR) is 308 cm³/mol. The molecule has 10 aromatic carbocycles. The van der Waals surface area contributed by atoms with Gasteiger partial charge in [0.05, 0.1) is 33.1 Å². The molecule has 0 radical (unpaired) electrons. The van der Waals surface area contributed by atoms with Crippen LogP contribution in [0.1, 0.15) is 12.8 Å². The Morgan fingerprint density at radius 1 is 0.329 bits per heavy atom. The summed E-state index contributed by atoms with van der Waals surface area (Å²) in [5, 5.41) is 11.8. The monoisotopic (exact) mass is 923 g/mol. The first-order valence-electron chi connectivity index (χ1n) is 25.9. The Hall–Kier alpha value is -9.19. The van der Waals surface area contributed by atoms with Crippen LogP contribution < -0.4 is 48.2 Å². The second-order valence-electron chi connectivity index (χ2n) is 20.9. The zero-order valence-corrected chi connectivity index (χ0v) is 39.5. The van der Waals surface area contributed by atoms with Gasteiger partial charge in [-0.2, -0.15) is 0 Å². The Morgan fingerprint density at radius 3 is 1.68 bits per heavy atom. The molecule has 7 heteroatoms. The molecule has 0 bridgehead atoms. The van der Waals surface area contributed by atoms with E-state index < -0.39 is 0 Å². The lowest BCUT2D eigenvalue weighted by Gasteiger charge is -2.44. The molecule has 8 heterocycles. The molecule has 73 heavy (non-hydrogen) atoms. The number of anilines is 3. The Labute approximate surface area is 419 Å². The highest BCUT2D eigenvalue weighted by atomic mass is 15.2. The van der Waals surface area contributed by atoms with Gasteiger partial charge in [0.1, 0.15) is 0 Å². The first kappa shape index (κ1) is 37.6. The number of hydrogen-bond donors (Lipinski definition) is 0. The highest BCUT2D eigenvalue weighted by molar-refractivity contribution is 7.04. The fourth-order valence-corrected chi connectivity index (χ4v) is 15.2. The van der Waals surface area contributed by atoms with E-state index in [4.69, 9.17) is 0 Å². The molecular formula is C66H39B2N5. The van der Waals surface area contributed by atoms with Gasteiger partial charge in [0.2, 0.25) is 0 Å². The van der Waals surface area contributed by atoms with Gasteiger partial charge in [0.15, 0.2) is 0 Å². The van der Waals surface area contributed by atoms with E-state index in [1.807, 2.05) is 0 Å². The predicted octanol–water partition coefficient (Wildman–Crippen LogP) is 10.0. The molecule has 334 valence electrons. The molecule has 0 saturated carbocycles. The average Bonchev–Trinajstić information content (AvgIpc) is 4.20. The van der Waals surface area contributed by atoms with Crippen LogP contribution in [0.25, 0.3) is 111 Å². The average molecular weight is 924 g/mol. The van der Waals surface area contributed by atoms with Gasteiger partial charge < -0.3 is 23.2 Å². The Bertz CT molecular complexity index is 5040. The van der Waals surface area contributed by atoms with Gasteiger partial charge in [-0.1, -0.05) is 152 Å². The molecule has 5 nitrogen and oxygen atoms in total. The van der Waals surface area contributed by atoms with Crippen molar-refractivity contribution in [3.63, 3.8) is 0 Å². The van der Waals surface area contributed by atoms with Crippen molar-refractivity contribution < 1.29 is 0 Å². The summed E-state index contributed by atoms with van der Waals surface area (Å²) in [6.45, 7) is -0.0404. The van der Waals surface area contributed by atoms with Crippen LogP contribution in [-0.2, 0) is 0 Å². The van der Waals surface area contributed by atoms with Crippen molar-refractivity contribution in [3.8, 4) is 22.7 Å². The van der Waals surface area contributed by atoms with Crippen LogP contribution in [0, 0.1) is 0 Å². The summed E-state index contributed by atoms with van der Waals surface area (Å²) in [5.41, 5.74) is 25.9. The van der Waals surface area contributed by atoms with Crippen molar-refractivity contribution in [2.75, 3.05) is 4.90 Å². The van der Waals surface area contributed by atoms with Gasteiger partial charge in [-0.05, 0) is 106 Å². The third kappa shape index (κ3) is 4.29. The second kappa shape index (κ2) is 13.0. The van der Waals surface area contributed by atoms with Crippen LogP contribution in [0.15, 0.2) is 200 Å². The Balaban J connectivity index is 1.10. The fraction of sp³-hybridized carbons (Fsp3) is 0.0303. The normalized spacial score (nSPS) is 14.3. The molecule has 5 aliphatic rings. The van der Waals surface area contributed by atoms with Crippen LogP contribution in [0.5, 0.6) is 0 Å². The van der Waals surface area contributed by atoms with Crippen LogP contribution in [0.3, 0.4) is 0 Å². The van der Waals surface area contributed by atoms with Crippen molar-refractivity contribution in [1.82, 2.24) is 18.3 Å². The summed E-state index contributed by atoms with van der Waals surface area (Å²) >= 11 is 0. The summed E-state index contributed by atoms with van der Waals surface area (Å²) in [4.78, 5) is 2.58. The second-order valence-corrected chi connectivity index (χ2v) is 20.9. The van der Waals surface area contributed by atoms with E-state index in [-0.39, 0.29) is 13.4 Å². The van der Waals surface area contributed by atoms with E-state index >= 15 is 0 Å². The molecule has 0 spiro atoms. The van der Waals surface area contributed by atoms with Crippen molar-refractivity contribution in [3.05, 3.63) is 211 Å². The standard InChI is InChI=1S/C66H39B2N5/c1-4-19-38(20-5-1)69-54-34-17-13-29-47(54)67-48-30-18-28-44-58-63-46(42-26-11-15-32-52(42)71(63)40-23-8-3-9-24-40)36-50-65(58)73(61(44)48)66-59(67)55(69)37-56-60(66)68(50)49-35-45-41-25-10-14-31-51(41)70(39-21-6-2-7-22-39)62(45)57-43-27-12-16-33-53(43)72(56)64(49)57/h1-9,11-13,15-37H,10,14H2. The van der Waals surface area contributed by atoms with Crippen LogP contribution in [0.4, 0.5) is 17.1 Å². The Kier molecular flexibility index (Phi) is 6.70. The largest absolute Gasteiger partial charge is 0.311 e. The summed E-state index contributed by atoms with van der Waals surface area (Å²) in [7, 11) is 0. The third-order valence-corrected chi connectivity index (χ3v) is 17.7. The fourth-order valence-electron chi connectivity index (χ4n) is 15.2. The number of aromatic nitrogens is 4. The molecule has 0 saturated heterocycles. The number of para-hydroxylation sites is 7. The van der Waals surface area contributed by atoms with Gasteiger partial charge in [-0.15, -0.1) is 0 Å². The molecule has 0 atom stereocenters. The first-order chi connectivity index (χ1) is 36.3. The summed E-state index contributed by atoms with van der Waals surface area (Å²) in [6.07, 6.45) is 7.07. The molecule has 14 aromatic rings. The Morgan fingerprint density at radius 2 is 0.890 bits per heavy atom. The molecule has 0 unspecified atom stereocenters. The summed E-state index contributed by atoms with van der Waals surface area (Å²) in [5.74, 6) is 0. The third-order valence-electron chi connectivity index (χ3n) is 17.7. The van der Waals surface area contributed by atoms with Gasteiger partial charge in [0, 0.05) is 93.6 Å². The van der Waals surface area contributed by atoms with E-state index in [0.29, 0.717) is 0 Å². The van der Waals surface area contributed by atoms with Crippen LogP contribution >= 0.6 is 0 Å². The zero-order chi connectivity index (χ0) is 46.9. The number of benzene rings is 10. The number of hydrogen-bond acceptors (Lipinski definition) is 1. The minimum atomic E-state index is -0.0607. The molecule has 19 rings (SSSR count). The maximum atomic E-state index is 2.77. The number of rotatable bonds is 3. The quantitative estimate of drug-likeness (QED) is 0.162. The highest BCUT2D eigenvalue weighted by Gasteiger charge is 2.50. The number of fused-ring (bicyclic) bond motifs is 18. The molecule has 4 aromatic heterocycles. The molecular weight excluding hydrogens is 884 g/mol. The van der Waals surface area contributed by atoms with Crippen molar-refractivity contribution >= 4 is 152 Å². The maximum absolute atomic E-state index is 2.77. The van der Waals surface area contributed by atoms with E-state index in [1.54, 1.807) is 0 Å². The SMILES string of the molecule is C1=c2c(n(-c3ccccc3)c3c2cc2c4c3c3ccccc3n4-c3cc4c5c6c3B2c2cc3c7ccccc7n(-c7ccccc7)c3c3c7cccc(c7n-6c23)B5c2ccccc2N4c2ccccc2)=CCC1. The first-order valence-corrected chi connectivity index (χ1v) is 25.9. The van der Waals surface area contributed by atoms with Gasteiger partial charge in [-0.25, -0.2) is 0 Å². The minimum Gasteiger partial charge on any atom is -0.311 e. The lowest BCUT2D eigenvalue weighted by molar-refractivity contribution is 1.03. The van der Waals surface area contributed by atoms with Crippen molar-refractivity contribution in [2.45, 2.75) is 12.8 Å². The smallest absolute Gasteiger partial charge is 0.252 e. The van der Waals surface area contributed by atoms with Crippen LogP contribution in [-0.4, -0.2) is 31.7 Å². The summed E-state index contributed by atoms with van der Waals surface area (Å²) < 4.78 is 10.6. The van der Waals surface area contributed by atoms with E-state index in [0.717, 1.165) is 12.8 Å². The van der Waals surface area contributed by atoms with Gasteiger partial charge in [0.25, 0.3) is 13.4 Å². The van der Waals surface area contributed by atoms with Crippen molar-refractivity contribution in [2.24, 2.45) is 0 Å². The number of nitrogens with zero attached hydrogens (tertiary/aromatic N) is 5. The molecule has 4 aliphatic heterocycles. The van der Waals surface area contributed by atoms with Gasteiger partial charge >= 0.3 is 0 Å². The highest BCUT2D eigenvalue weighted by Crippen LogP contribution is 2.48. The lowest BCUT2D eigenvalue weighted by atomic mass is 9.29. The van der Waals surface area contributed by atoms with E-state index in [2.05, 4.69) is 236 Å². The molecule has 1 aliphatic carbocycles. The van der Waals surface area contributed by atoms with Crippen LogP contribution in [0.2, 0.25) is 0 Å². The topological polar surface area (TPSA) is 23.0 Å². The van der Waals surface area contributed by atoms with Crippen molar-refractivity contribution in [1.29, 1.82) is 0 Å².